The highest BCUT2D eigenvalue weighted by molar-refractivity contribution is 5.86. The fourth-order valence-corrected chi connectivity index (χ4v) is 2.79. The van der Waals surface area contributed by atoms with E-state index >= 15 is 0 Å². The van der Waals surface area contributed by atoms with Gasteiger partial charge in [-0.25, -0.2) is 0 Å². The van der Waals surface area contributed by atoms with Crippen molar-refractivity contribution in [3.63, 3.8) is 0 Å². The highest BCUT2D eigenvalue weighted by atomic mass is 16.5. The zero-order valence-electron chi connectivity index (χ0n) is 12.4. The molecule has 1 N–H and O–H groups in total. The topological polar surface area (TPSA) is 61.9 Å². The zero-order valence-corrected chi connectivity index (χ0v) is 12.4. The molecule has 2 rings (SSSR count). The summed E-state index contributed by atoms with van der Waals surface area (Å²) in [5.41, 5.74) is 0. The van der Waals surface area contributed by atoms with Crippen molar-refractivity contribution in [1.82, 2.24) is 15.1 Å². The molecule has 1 unspecified atom stereocenters. The van der Waals surface area contributed by atoms with Crippen molar-refractivity contribution in [3.05, 3.63) is 0 Å². The highest BCUT2D eigenvalue weighted by Crippen LogP contribution is 2.16. The molecule has 2 heterocycles. The predicted octanol–water partition coefficient (Wildman–Crippen LogP) is -0.308. The van der Waals surface area contributed by atoms with Crippen molar-refractivity contribution in [2.24, 2.45) is 5.92 Å². The molecule has 20 heavy (non-hydrogen) atoms. The summed E-state index contributed by atoms with van der Waals surface area (Å²) in [4.78, 5) is 27.8. The second-order valence-electron chi connectivity index (χ2n) is 5.94. The number of nitrogens with zero attached hydrogens (tertiary/aromatic N) is 2. The number of morpholine rings is 1. The standard InChI is InChI=1S/C14H25N3O3/c1-11(2)7-12-10-20-6-5-17(12)14(19)9-16-4-3-15-8-13(16)18/h11-12,15H,3-10H2,1-2H3. The van der Waals surface area contributed by atoms with Crippen LogP contribution in [0.5, 0.6) is 0 Å². The molecule has 6 nitrogen and oxygen atoms in total. The van der Waals surface area contributed by atoms with Crippen LogP contribution in [0, 0.1) is 5.92 Å². The van der Waals surface area contributed by atoms with Crippen LogP contribution in [-0.4, -0.2) is 73.6 Å². The molecule has 0 aromatic rings. The van der Waals surface area contributed by atoms with Crippen molar-refractivity contribution < 1.29 is 14.3 Å². The van der Waals surface area contributed by atoms with Gasteiger partial charge in [-0.05, 0) is 12.3 Å². The summed E-state index contributed by atoms with van der Waals surface area (Å²) in [5.74, 6) is 0.588. The number of carbonyl (C=O) groups is 2. The van der Waals surface area contributed by atoms with Gasteiger partial charge in [-0.3, -0.25) is 9.59 Å². The van der Waals surface area contributed by atoms with Gasteiger partial charge in [0.15, 0.2) is 0 Å². The fraction of sp³-hybridized carbons (Fsp3) is 0.857. The number of hydrogen-bond donors (Lipinski definition) is 1. The monoisotopic (exact) mass is 283 g/mol. The van der Waals surface area contributed by atoms with Crippen LogP contribution < -0.4 is 5.32 Å². The Bertz CT molecular complexity index is 360. The number of carbonyl (C=O) groups excluding carboxylic acids is 2. The van der Waals surface area contributed by atoms with Crippen molar-refractivity contribution in [2.45, 2.75) is 26.3 Å². The van der Waals surface area contributed by atoms with E-state index < -0.39 is 0 Å². The second kappa shape index (κ2) is 7.04. The Hall–Kier alpha value is -1.14. The first-order valence-electron chi connectivity index (χ1n) is 7.43. The number of amides is 2. The van der Waals surface area contributed by atoms with Crippen LogP contribution in [0.4, 0.5) is 0 Å². The molecular weight excluding hydrogens is 258 g/mol. The van der Waals surface area contributed by atoms with Crippen LogP contribution in [-0.2, 0) is 14.3 Å². The summed E-state index contributed by atoms with van der Waals surface area (Å²) >= 11 is 0. The number of hydrogen-bond acceptors (Lipinski definition) is 4. The molecule has 0 radical (unpaired) electrons. The molecule has 1 atom stereocenters. The van der Waals surface area contributed by atoms with E-state index in [0.717, 1.165) is 13.0 Å². The van der Waals surface area contributed by atoms with Crippen LogP contribution in [0.15, 0.2) is 0 Å². The van der Waals surface area contributed by atoms with E-state index in [-0.39, 0.29) is 24.4 Å². The van der Waals surface area contributed by atoms with Gasteiger partial charge in [0.2, 0.25) is 11.8 Å². The molecule has 0 saturated carbocycles. The van der Waals surface area contributed by atoms with Crippen molar-refractivity contribution in [3.8, 4) is 0 Å². The largest absolute Gasteiger partial charge is 0.377 e. The third kappa shape index (κ3) is 3.93. The first kappa shape index (κ1) is 15.3. The van der Waals surface area contributed by atoms with E-state index in [1.54, 1.807) is 4.90 Å². The maximum absolute atomic E-state index is 12.5. The van der Waals surface area contributed by atoms with E-state index in [0.29, 0.717) is 38.8 Å². The second-order valence-corrected chi connectivity index (χ2v) is 5.94. The smallest absolute Gasteiger partial charge is 0.242 e. The maximum Gasteiger partial charge on any atom is 0.242 e. The Morgan fingerprint density at radius 3 is 2.95 bits per heavy atom. The third-order valence-corrected chi connectivity index (χ3v) is 3.80. The van der Waals surface area contributed by atoms with E-state index in [2.05, 4.69) is 19.2 Å². The van der Waals surface area contributed by atoms with E-state index in [1.165, 1.54) is 0 Å². The van der Waals surface area contributed by atoms with Gasteiger partial charge in [0, 0.05) is 19.6 Å². The zero-order chi connectivity index (χ0) is 14.5. The number of rotatable bonds is 4. The first-order chi connectivity index (χ1) is 9.58. The Morgan fingerprint density at radius 2 is 2.25 bits per heavy atom. The summed E-state index contributed by atoms with van der Waals surface area (Å²) in [6.07, 6.45) is 0.946. The fourth-order valence-electron chi connectivity index (χ4n) is 2.79. The average Bonchev–Trinajstić information content (AvgIpc) is 2.41. The van der Waals surface area contributed by atoms with Gasteiger partial charge in [-0.15, -0.1) is 0 Å². The van der Waals surface area contributed by atoms with Crippen molar-refractivity contribution in [2.75, 3.05) is 45.9 Å². The number of ether oxygens (including phenoxy) is 1. The molecule has 114 valence electrons. The van der Waals surface area contributed by atoms with Gasteiger partial charge >= 0.3 is 0 Å². The van der Waals surface area contributed by atoms with E-state index in [4.69, 9.17) is 4.74 Å². The number of nitrogens with one attached hydrogen (secondary N) is 1. The van der Waals surface area contributed by atoms with Gasteiger partial charge in [0.25, 0.3) is 0 Å². The molecule has 0 aromatic carbocycles. The quantitative estimate of drug-likeness (QED) is 0.769. The molecule has 0 aliphatic carbocycles. The van der Waals surface area contributed by atoms with Gasteiger partial charge in [0.1, 0.15) is 0 Å². The predicted molar refractivity (Wildman–Crippen MR) is 75.2 cm³/mol. The Morgan fingerprint density at radius 1 is 1.45 bits per heavy atom. The van der Waals surface area contributed by atoms with Crippen LogP contribution in [0.25, 0.3) is 0 Å². The minimum Gasteiger partial charge on any atom is -0.377 e. The van der Waals surface area contributed by atoms with Crippen LogP contribution in [0.3, 0.4) is 0 Å². The molecular formula is C14H25N3O3. The summed E-state index contributed by atoms with van der Waals surface area (Å²) in [6, 6.07) is 0.147. The molecule has 2 aliphatic rings. The van der Waals surface area contributed by atoms with Crippen LogP contribution >= 0.6 is 0 Å². The highest BCUT2D eigenvalue weighted by Gasteiger charge is 2.30. The first-order valence-corrected chi connectivity index (χ1v) is 7.43. The summed E-state index contributed by atoms with van der Waals surface area (Å²) in [5, 5.41) is 3.02. The minimum absolute atomic E-state index is 0.0123. The van der Waals surface area contributed by atoms with Gasteiger partial charge in [0.05, 0.1) is 32.3 Å². The lowest BCUT2D eigenvalue weighted by molar-refractivity contribution is -0.147. The lowest BCUT2D eigenvalue weighted by Gasteiger charge is -2.38. The lowest BCUT2D eigenvalue weighted by atomic mass is 10.0. The third-order valence-electron chi connectivity index (χ3n) is 3.80. The molecule has 2 fully saturated rings. The van der Waals surface area contributed by atoms with E-state index in [9.17, 15) is 9.59 Å². The molecule has 6 heteroatoms. The van der Waals surface area contributed by atoms with Crippen LogP contribution in [0.2, 0.25) is 0 Å². The maximum atomic E-state index is 12.5. The summed E-state index contributed by atoms with van der Waals surface area (Å²) in [7, 11) is 0. The molecule has 0 aromatic heterocycles. The van der Waals surface area contributed by atoms with Gasteiger partial charge in [-0.2, -0.15) is 0 Å². The Balaban J connectivity index is 1.93. The van der Waals surface area contributed by atoms with Gasteiger partial charge < -0.3 is 19.9 Å². The minimum atomic E-state index is 0.0123. The normalized spacial score (nSPS) is 24.4. The SMILES string of the molecule is CC(C)CC1COCCN1C(=O)CN1CCNCC1=O. The summed E-state index contributed by atoms with van der Waals surface area (Å²) in [6.45, 7) is 8.06. The molecule has 0 bridgehead atoms. The number of piperazine rings is 1. The van der Waals surface area contributed by atoms with Gasteiger partial charge in [-0.1, -0.05) is 13.8 Å². The van der Waals surface area contributed by atoms with Crippen molar-refractivity contribution >= 4 is 11.8 Å². The van der Waals surface area contributed by atoms with Crippen molar-refractivity contribution in [1.29, 1.82) is 0 Å². The Kier molecular flexibility index (Phi) is 5.37. The molecule has 2 amide bonds. The molecule has 2 saturated heterocycles. The summed E-state index contributed by atoms with van der Waals surface area (Å²) < 4.78 is 5.49. The molecule has 2 aliphatic heterocycles. The Labute approximate surface area is 120 Å². The molecule has 0 spiro atoms. The van der Waals surface area contributed by atoms with E-state index in [1.807, 2.05) is 4.90 Å². The average molecular weight is 283 g/mol. The van der Waals surface area contributed by atoms with Crippen LogP contribution in [0.1, 0.15) is 20.3 Å². The lowest BCUT2D eigenvalue weighted by Crippen LogP contribution is -2.55.